The molecule has 0 saturated carbocycles. The molecule has 0 bridgehead atoms. The topological polar surface area (TPSA) is 75.6 Å². The summed E-state index contributed by atoms with van der Waals surface area (Å²) in [5.41, 5.74) is -0.366. The largest absolute Gasteiger partial charge is 0.480 e. The Morgan fingerprint density at radius 1 is 1.23 bits per heavy atom. The van der Waals surface area contributed by atoms with E-state index in [2.05, 4.69) is 5.32 Å². The lowest BCUT2D eigenvalue weighted by atomic mass is 10.0. The molecule has 0 heterocycles. The molecule has 0 spiro atoms. The molecule has 1 amide bonds. The zero-order valence-corrected chi connectivity index (χ0v) is 12.6. The highest BCUT2D eigenvalue weighted by molar-refractivity contribution is 5.80. The number of hydrogen-bond donors (Lipinski definition) is 2. The number of carboxylic acids is 1. The first kappa shape index (κ1) is 17.9. The molecule has 0 aliphatic heterocycles. The van der Waals surface area contributed by atoms with Gasteiger partial charge in [0.05, 0.1) is 0 Å². The van der Waals surface area contributed by atoms with Crippen molar-refractivity contribution < 1.29 is 28.2 Å². The number of carbonyl (C=O) groups is 2. The first-order chi connectivity index (χ1) is 10.1. The number of alkyl halides is 2. The van der Waals surface area contributed by atoms with Crippen LogP contribution in [0.2, 0.25) is 0 Å². The normalized spacial score (nSPS) is 12.8. The molecule has 1 aromatic rings. The average molecular weight is 315 g/mol. The zero-order valence-electron chi connectivity index (χ0n) is 12.6. The lowest BCUT2D eigenvalue weighted by Crippen LogP contribution is -2.44. The first-order valence-electron chi connectivity index (χ1n) is 6.68. The number of amides is 1. The molecule has 1 aromatic carbocycles. The van der Waals surface area contributed by atoms with E-state index in [1.54, 1.807) is 20.8 Å². The molecule has 7 heteroatoms. The fraction of sp³-hybridized carbons (Fsp3) is 0.467. The van der Waals surface area contributed by atoms with Crippen LogP contribution in [-0.2, 0) is 16.0 Å². The minimum absolute atomic E-state index is 0.0297. The molecule has 2 N–H and O–H groups in total. The van der Waals surface area contributed by atoms with Crippen molar-refractivity contribution in [3.8, 4) is 0 Å². The Morgan fingerprint density at radius 3 is 2.18 bits per heavy atom. The molecule has 1 rings (SSSR count). The average Bonchev–Trinajstić information content (AvgIpc) is 2.36. The predicted octanol–water partition coefficient (Wildman–Crippen LogP) is 3.14. The summed E-state index contributed by atoms with van der Waals surface area (Å²) in [5.74, 6) is -1.23. The van der Waals surface area contributed by atoms with Crippen molar-refractivity contribution >= 4 is 12.1 Å². The van der Waals surface area contributed by atoms with Gasteiger partial charge in [0.1, 0.15) is 11.6 Å². The van der Waals surface area contributed by atoms with Gasteiger partial charge >= 0.3 is 12.1 Å². The Kier molecular flexibility index (Phi) is 5.84. The maximum Gasteiger partial charge on any atom is 0.408 e. The van der Waals surface area contributed by atoms with Gasteiger partial charge in [-0.05, 0) is 26.3 Å². The molecule has 0 aliphatic carbocycles. The highest BCUT2D eigenvalue weighted by Gasteiger charge is 2.24. The Balaban J connectivity index is 2.72. The summed E-state index contributed by atoms with van der Waals surface area (Å²) in [6.45, 7) is 4.97. The Morgan fingerprint density at radius 2 is 1.77 bits per heavy atom. The number of halogens is 2. The second kappa shape index (κ2) is 7.20. The second-order valence-electron chi connectivity index (χ2n) is 5.78. The van der Waals surface area contributed by atoms with Crippen LogP contribution in [-0.4, -0.2) is 28.8 Å². The fourth-order valence-electron chi connectivity index (χ4n) is 1.68. The molecule has 1 atom stereocenters. The third-order valence-electron chi connectivity index (χ3n) is 2.66. The van der Waals surface area contributed by atoms with Crippen molar-refractivity contribution in [2.75, 3.05) is 0 Å². The summed E-state index contributed by atoms with van der Waals surface area (Å²) in [4.78, 5) is 22.8. The predicted molar refractivity (Wildman–Crippen MR) is 75.9 cm³/mol. The smallest absolute Gasteiger partial charge is 0.408 e. The third kappa shape index (κ3) is 6.07. The maximum absolute atomic E-state index is 12.5. The number of rotatable bonds is 5. The number of aliphatic carboxylic acids is 1. The van der Waals surface area contributed by atoms with Gasteiger partial charge in [-0.15, -0.1) is 0 Å². The number of ether oxygens (including phenoxy) is 1. The molecule has 0 aliphatic rings. The van der Waals surface area contributed by atoms with Crippen molar-refractivity contribution in [1.82, 2.24) is 5.32 Å². The van der Waals surface area contributed by atoms with E-state index in [1.807, 2.05) is 0 Å². The summed E-state index contributed by atoms with van der Waals surface area (Å²) in [5, 5.41) is 11.4. The Bertz CT molecular complexity index is 523. The lowest BCUT2D eigenvalue weighted by molar-refractivity contribution is -0.139. The van der Waals surface area contributed by atoms with Gasteiger partial charge < -0.3 is 15.2 Å². The van der Waals surface area contributed by atoms with Crippen LogP contribution in [0, 0.1) is 0 Å². The van der Waals surface area contributed by atoms with E-state index in [1.165, 1.54) is 24.3 Å². The first-order valence-corrected chi connectivity index (χ1v) is 6.68. The van der Waals surface area contributed by atoms with Gasteiger partial charge in [-0.25, -0.2) is 18.4 Å². The van der Waals surface area contributed by atoms with Gasteiger partial charge in [-0.2, -0.15) is 0 Å². The number of carbonyl (C=O) groups excluding carboxylic acids is 1. The molecule has 0 radical (unpaired) electrons. The maximum atomic E-state index is 12.5. The Labute approximate surface area is 127 Å². The van der Waals surface area contributed by atoms with E-state index in [-0.39, 0.29) is 12.0 Å². The molecular weight excluding hydrogens is 296 g/mol. The Hall–Kier alpha value is -2.18. The quantitative estimate of drug-likeness (QED) is 0.875. The molecule has 5 nitrogen and oxygen atoms in total. The number of benzene rings is 1. The van der Waals surface area contributed by atoms with Crippen LogP contribution in [0.1, 0.15) is 38.3 Å². The molecule has 122 valence electrons. The third-order valence-corrected chi connectivity index (χ3v) is 2.66. The van der Waals surface area contributed by atoms with Crippen molar-refractivity contribution in [2.24, 2.45) is 0 Å². The highest BCUT2D eigenvalue weighted by Crippen LogP contribution is 2.19. The van der Waals surface area contributed by atoms with Gasteiger partial charge in [-0.3, -0.25) is 0 Å². The highest BCUT2D eigenvalue weighted by atomic mass is 19.3. The van der Waals surface area contributed by atoms with Crippen LogP contribution in [0.5, 0.6) is 0 Å². The number of alkyl carbamates (subject to hydrolysis) is 1. The summed E-state index contributed by atoms with van der Waals surface area (Å²) in [6, 6.07) is 4.08. The minimum Gasteiger partial charge on any atom is -0.480 e. The van der Waals surface area contributed by atoms with Gasteiger partial charge in [-0.1, -0.05) is 24.3 Å². The van der Waals surface area contributed by atoms with Gasteiger partial charge in [0, 0.05) is 12.0 Å². The molecule has 0 aromatic heterocycles. The van der Waals surface area contributed by atoms with Gasteiger partial charge in [0.25, 0.3) is 6.43 Å². The zero-order chi connectivity index (χ0) is 16.9. The monoisotopic (exact) mass is 315 g/mol. The van der Waals surface area contributed by atoms with E-state index in [0.717, 1.165) is 0 Å². The van der Waals surface area contributed by atoms with Gasteiger partial charge in [0.15, 0.2) is 0 Å². The molecule has 22 heavy (non-hydrogen) atoms. The van der Waals surface area contributed by atoms with Crippen LogP contribution < -0.4 is 5.32 Å². The van der Waals surface area contributed by atoms with Crippen molar-refractivity contribution in [3.05, 3.63) is 35.4 Å². The number of carboxylic acid groups (broad SMARTS) is 1. The van der Waals surface area contributed by atoms with Crippen molar-refractivity contribution in [1.29, 1.82) is 0 Å². The van der Waals surface area contributed by atoms with Crippen LogP contribution in [0.15, 0.2) is 24.3 Å². The minimum atomic E-state index is -2.58. The number of hydrogen-bond acceptors (Lipinski definition) is 3. The summed E-state index contributed by atoms with van der Waals surface area (Å²) >= 11 is 0. The van der Waals surface area contributed by atoms with Crippen molar-refractivity contribution in [2.45, 2.75) is 45.3 Å². The SMILES string of the molecule is CC(C)(C)OC(=O)NC(Cc1ccc(C(F)F)cc1)C(=O)O. The van der Waals surface area contributed by atoms with Gasteiger partial charge in [0.2, 0.25) is 0 Å². The molecule has 0 fully saturated rings. The van der Waals surface area contributed by atoms with Crippen LogP contribution >= 0.6 is 0 Å². The fourth-order valence-corrected chi connectivity index (χ4v) is 1.68. The van der Waals surface area contributed by atoms with E-state index in [4.69, 9.17) is 9.84 Å². The number of nitrogens with one attached hydrogen (secondary N) is 1. The van der Waals surface area contributed by atoms with Crippen LogP contribution in [0.3, 0.4) is 0 Å². The van der Waals surface area contributed by atoms with E-state index in [0.29, 0.717) is 5.56 Å². The molecule has 0 saturated heterocycles. The summed E-state index contributed by atoms with van der Waals surface area (Å²) in [7, 11) is 0. The van der Waals surface area contributed by atoms with E-state index >= 15 is 0 Å². The lowest BCUT2D eigenvalue weighted by Gasteiger charge is -2.22. The molecular formula is C15H19F2NO4. The van der Waals surface area contributed by atoms with E-state index < -0.39 is 30.1 Å². The standard InChI is InChI=1S/C15H19F2NO4/c1-15(2,3)22-14(21)18-11(13(19)20)8-9-4-6-10(7-5-9)12(16)17/h4-7,11-12H,8H2,1-3H3,(H,18,21)(H,19,20). The van der Waals surface area contributed by atoms with Crippen LogP contribution in [0.25, 0.3) is 0 Å². The summed E-state index contributed by atoms with van der Waals surface area (Å²) in [6.07, 6.45) is -3.45. The van der Waals surface area contributed by atoms with E-state index in [9.17, 15) is 18.4 Å². The second-order valence-corrected chi connectivity index (χ2v) is 5.78. The van der Waals surface area contributed by atoms with Crippen molar-refractivity contribution in [3.63, 3.8) is 0 Å². The molecule has 1 unspecified atom stereocenters. The summed E-state index contributed by atoms with van der Waals surface area (Å²) < 4.78 is 29.9. The van der Waals surface area contributed by atoms with Crippen LogP contribution in [0.4, 0.5) is 13.6 Å².